The standard InChI is InChI=1S/C20H26BFN2O6/c1-10-15-11(18(28)24(10)13(17(23)27)8-9-14(25)26)6-7-12(16(15)22)21-29-19(2,3)20(4,5)30-21/h6-7,10,13H,8-9H2,1-5H3,(H2,23,27)(H,25,26)/t10-,13?/m1/s1. The van der Waals surface area contributed by atoms with Gasteiger partial charge in [-0.2, -0.15) is 0 Å². The molecule has 2 amide bonds. The molecule has 30 heavy (non-hydrogen) atoms. The molecule has 2 atom stereocenters. The molecule has 3 rings (SSSR count). The first-order valence-corrected chi connectivity index (χ1v) is 9.80. The normalized spacial score (nSPS) is 22.9. The summed E-state index contributed by atoms with van der Waals surface area (Å²) in [5, 5.41) is 8.94. The maximum atomic E-state index is 15.6. The number of aliphatic carboxylic acids is 1. The molecule has 1 unspecified atom stereocenters. The highest BCUT2D eigenvalue weighted by Crippen LogP contribution is 2.40. The molecule has 0 bridgehead atoms. The third kappa shape index (κ3) is 3.48. The predicted molar refractivity (Wildman–Crippen MR) is 107 cm³/mol. The fourth-order valence-corrected chi connectivity index (χ4v) is 3.90. The Morgan fingerprint density at radius 2 is 1.83 bits per heavy atom. The number of halogens is 1. The number of fused-ring (bicyclic) bond motifs is 1. The van der Waals surface area contributed by atoms with Crippen LogP contribution in [0.2, 0.25) is 0 Å². The van der Waals surface area contributed by atoms with Crippen molar-refractivity contribution in [2.45, 2.75) is 70.7 Å². The van der Waals surface area contributed by atoms with E-state index in [1.807, 2.05) is 27.7 Å². The Balaban J connectivity index is 1.97. The molecule has 0 spiro atoms. The summed E-state index contributed by atoms with van der Waals surface area (Å²) in [4.78, 5) is 37.0. The van der Waals surface area contributed by atoms with E-state index in [-0.39, 0.29) is 29.4 Å². The van der Waals surface area contributed by atoms with Gasteiger partial charge in [0.2, 0.25) is 5.91 Å². The molecular weight excluding hydrogens is 394 g/mol. The number of benzene rings is 1. The van der Waals surface area contributed by atoms with Crippen molar-refractivity contribution in [3.63, 3.8) is 0 Å². The van der Waals surface area contributed by atoms with Crippen molar-refractivity contribution < 1.29 is 33.2 Å². The lowest BCUT2D eigenvalue weighted by Crippen LogP contribution is -2.46. The number of carbonyl (C=O) groups is 3. The summed E-state index contributed by atoms with van der Waals surface area (Å²) in [6.07, 6.45) is -0.497. The fraction of sp³-hybridized carbons (Fsp3) is 0.550. The van der Waals surface area contributed by atoms with Gasteiger partial charge in [0.25, 0.3) is 5.91 Å². The lowest BCUT2D eigenvalue weighted by molar-refractivity contribution is -0.137. The minimum absolute atomic E-state index is 0.113. The van der Waals surface area contributed by atoms with Gasteiger partial charge in [-0.05, 0) is 47.1 Å². The lowest BCUT2D eigenvalue weighted by Gasteiger charge is -2.32. The number of amides is 2. The van der Waals surface area contributed by atoms with Crippen molar-refractivity contribution in [1.29, 1.82) is 0 Å². The molecule has 0 saturated carbocycles. The van der Waals surface area contributed by atoms with Crippen LogP contribution in [0.25, 0.3) is 0 Å². The largest absolute Gasteiger partial charge is 0.497 e. The lowest BCUT2D eigenvalue weighted by atomic mass is 9.76. The maximum Gasteiger partial charge on any atom is 0.497 e. The highest BCUT2D eigenvalue weighted by molar-refractivity contribution is 6.62. The zero-order chi connectivity index (χ0) is 22.6. The van der Waals surface area contributed by atoms with Crippen LogP contribution < -0.4 is 11.2 Å². The Morgan fingerprint density at radius 1 is 1.27 bits per heavy atom. The number of carboxylic acid groups (broad SMARTS) is 1. The second kappa shape index (κ2) is 7.35. The Labute approximate surface area is 174 Å². The number of hydrogen-bond acceptors (Lipinski definition) is 5. The van der Waals surface area contributed by atoms with Crippen molar-refractivity contribution in [3.8, 4) is 0 Å². The van der Waals surface area contributed by atoms with Crippen LogP contribution >= 0.6 is 0 Å². The van der Waals surface area contributed by atoms with Gasteiger partial charge in [-0.25, -0.2) is 4.39 Å². The van der Waals surface area contributed by atoms with Crippen LogP contribution in [-0.4, -0.2) is 52.2 Å². The number of carbonyl (C=O) groups excluding carboxylic acids is 2. The summed E-state index contributed by atoms with van der Waals surface area (Å²) in [6.45, 7) is 8.99. The third-order valence-corrected chi connectivity index (χ3v) is 6.31. The monoisotopic (exact) mass is 420 g/mol. The molecule has 1 aromatic carbocycles. The van der Waals surface area contributed by atoms with E-state index >= 15 is 4.39 Å². The van der Waals surface area contributed by atoms with Crippen LogP contribution in [-0.2, 0) is 18.9 Å². The van der Waals surface area contributed by atoms with Gasteiger partial charge in [-0.1, -0.05) is 6.07 Å². The molecular formula is C20H26BFN2O6. The number of nitrogens with zero attached hydrogens (tertiary/aromatic N) is 1. The van der Waals surface area contributed by atoms with E-state index in [1.54, 1.807) is 6.92 Å². The Bertz CT molecular complexity index is 903. The van der Waals surface area contributed by atoms with Gasteiger partial charge in [0, 0.05) is 23.0 Å². The molecule has 2 aliphatic heterocycles. The summed E-state index contributed by atoms with van der Waals surface area (Å²) >= 11 is 0. The summed E-state index contributed by atoms with van der Waals surface area (Å²) in [6, 6.07) is 0.963. The second-order valence-corrected chi connectivity index (χ2v) is 8.76. The average molecular weight is 420 g/mol. The minimum Gasteiger partial charge on any atom is -0.481 e. The van der Waals surface area contributed by atoms with Crippen molar-refractivity contribution in [2.24, 2.45) is 5.73 Å². The number of carboxylic acids is 1. The average Bonchev–Trinajstić information content (AvgIpc) is 2.98. The Morgan fingerprint density at radius 3 is 2.33 bits per heavy atom. The van der Waals surface area contributed by atoms with Crippen LogP contribution in [0.1, 0.15) is 69.4 Å². The first-order chi connectivity index (χ1) is 13.8. The predicted octanol–water partition coefficient (Wildman–Crippen LogP) is 1.36. The highest BCUT2D eigenvalue weighted by Gasteiger charge is 2.53. The van der Waals surface area contributed by atoms with Crippen molar-refractivity contribution in [1.82, 2.24) is 4.90 Å². The van der Waals surface area contributed by atoms with Crippen LogP contribution in [0.5, 0.6) is 0 Å². The van der Waals surface area contributed by atoms with E-state index in [0.29, 0.717) is 0 Å². The maximum absolute atomic E-state index is 15.6. The van der Waals surface area contributed by atoms with Gasteiger partial charge < -0.3 is 25.0 Å². The molecule has 1 aromatic rings. The number of primary amides is 1. The van der Waals surface area contributed by atoms with Crippen molar-refractivity contribution in [3.05, 3.63) is 29.1 Å². The molecule has 0 aromatic heterocycles. The number of hydrogen-bond donors (Lipinski definition) is 2. The van der Waals surface area contributed by atoms with E-state index in [4.69, 9.17) is 20.1 Å². The zero-order valence-electron chi connectivity index (χ0n) is 17.7. The van der Waals surface area contributed by atoms with Crippen LogP contribution in [0.4, 0.5) is 4.39 Å². The highest BCUT2D eigenvalue weighted by atomic mass is 19.1. The van der Waals surface area contributed by atoms with Gasteiger partial charge in [-0.3, -0.25) is 14.4 Å². The Kier molecular flexibility index (Phi) is 5.45. The van der Waals surface area contributed by atoms with E-state index < -0.39 is 54.0 Å². The summed E-state index contributed by atoms with van der Waals surface area (Å²) in [5.74, 6) is -3.16. The summed E-state index contributed by atoms with van der Waals surface area (Å²) < 4.78 is 27.4. The molecule has 2 heterocycles. The fourth-order valence-electron chi connectivity index (χ4n) is 3.90. The van der Waals surface area contributed by atoms with Crippen molar-refractivity contribution in [2.75, 3.05) is 0 Å². The molecule has 10 heteroatoms. The third-order valence-electron chi connectivity index (χ3n) is 6.31. The second-order valence-electron chi connectivity index (χ2n) is 8.76. The van der Waals surface area contributed by atoms with Gasteiger partial charge in [0.1, 0.15) is 11.9 Å². The van der Waals surface area contributed by atoms with E-state index in [2.05, 4.69) is 0 Å². The first-order valence-electron chi connectivity index (χ1n) is 9.80. The minimum atomic E-state index is -1.16. The summed E-state index contributed by atoms with van der Waals surface area (Å²) in [7, 11) is -0.949. The molecule has 3 N–H and O–H groups in total. The molecule has 0 radical (unpaired) electrons. The van der Waals surface area contributed by atoms with Gasteiger partial charge >= 0.3 is 13.1 Å². The number of nitrogens with two attached hydrogens (primary N) is 1. The van der Waals surface area contributed by atoms with Crippen LogP contribution in [0.15, 0.2) is 12.1 Å². The smallest absolute Gasteiger partial charge is 0.481 e. The van der Waals surface area contributed by atoms with E-state index in [9.17, 15) is 14.4 Å². The Hall–Kier alpha value is -2.46. The molecule has 1 fully saturated rings. The number of rotatable bonds is 6. The summed E-state index contributed by atoms with van der Waals surface area (Å²) in [5.41, 5.74) is 4.50. The van der Waals surface area contributed by atoms with E-state index in [0.717, 1.165) is 4.90 Å². The molecule has 1 saturated heterocycles. The molecule has 8 nitrogen and oxygen atoms in total. The quantitative estimate of drug-likeness (QED) is 0.671. The zero-order valence-corrected chi connectivity index (χ0v) is 17.7. The van der Waals surface area contributed by atoms with E-state index in [1.165, 1.54) is 12.1 Å². The first kappa shape index (κ1) is 22.2. The molecule has 0 aliphatic carbocycles. The van der Waals surface area contributed by atoms with Gasteiger partial charge in [0.15, 0.2) is 0 Å². The van der Waals surface area contributed by atoms with Gasteiger partial charge in [-0.15, -0.1) is 0 Å². The molecule has 2 aliphatic rings. The van der Waals surface area contributed by atoms with Gasteiger partial charge in [0.05, 0.1) is 17.2 Å². The SMILES string of the molecule is C[C@@H]1c2c(ccc(B3OC(C)(C)C(C)(C)O3)c2F)C(=O)N1C(CCC(=O)O)C(N)=O. The topological polar surface area (TPSA) is 119 Å². The van der Waals surface area contributed by atoms with Crippen LogP contribution in [0.3, 0.4) is 0 Å². The van der Waals surface area contributed by atoms with Crippen LogP contribution in [0, 0.1) is 5.82 Å². The molecule has 162 valence electrons. The van der Waals surface area contributed by atoms with Crippen molar-refractivity contribution >= 4 is 30.4 Å².